The van der Waals surface area contributed by atoms with E-state index >= 15 is 0 Å². The normalized spacial score (nSPS) is 12.3. The van der Waals surface area contributed by atoms with Crippen molar-refractivity contribution in [2.45, 2.75) is 38.8 Å². The van der Waals surface area contributed by atoms with Crippen molar-refractivity contribution in [3.63, 3.8) is 0 Å². The Morgan fingerprint density at radius 1 is 1.40 bits per heavy atom. The Balaban J connectivity index is 1.79. The van der Waals surface area contributed by atoms with Crippen molar-refractivity contribution in [1.29, 1.82) is 0 Å². The molecule has 0 aliphatic heterocycles. The third-order valence-electron chi connectivity index (χ3n) is 3.06. The van der Waals surface area contributed by atoms with Crippen LogP contribution in [0.3, 0.4) is 0 Å². The summed E-state index contributed by atoms with van der Waals surface area (Å²) in [7, 11) is 1.82. The SMILES string of the molecule is CCC(NC(=O)CCCn1cncn1)c1ncnn1C. The minimum absolute atomic E-state index is 0.0139. The van der Waals surface area contributed by atoms with Gasteiger partial charge in [0.1, 0.15) is 24.8 Å². The fourth-order valence-corrected chi connectivity index (χ4v) is 1.99. The lowest BCUT2D eigenvalue weighted by molar-refractivity contribution is -0.122. The van der Waals surface area contributed by atoms with Crippen LogP contribution >= 0.6 is 0 Å². The van der Waals surface area contributed by atoms with Gasteiger partial charge < -0.3 is 5.32 Å². The van der Waals surface area contributed by atoms with Gasteiger partial charge >= 0.3 is 0 Å². The van der Waals surface area contributed by atoms with Crippen LogP contribution in [0.4, 0.5) is 0 Å². The van der Waals surface area contributed by atoms with E-state index in [0.717, 1.165) is 18.7 Å². The van der Waals surface area contributed by atoms with Crippen LogP contribution in [-0.4, -0.2) is 35.4 Å². The summed E-state index contributed by atoms with van der Waals surface area (Å²) in [6.07, 6.45) is 6.59. The van der Waals surface area contributed by atoms with Crippen molar-refractivity contribution in [2.24, 2.45) is 7.05 Å². The van der Waals surface area contributed by atoms with Gasteiger partial charge in [0.15, 0.2) is 0 Å². The molecule has 0 saturated heterocycles. The quantitative estimate of drug-likeness (QED) is 0.793. The van der Waals surface area contributed by atoms with E-state index < -0.39 is 0 Å². The largest absolute Gasteiger partial charge is 0.346 e. The van der Waals surface area contributed by atoms with Crippen molar-refractivity contribution in [3.8, 4) is 0 Å². The Morgan fingerprint density at radius 2 is 2.25 bits per heavy atom. The van der Waals surface area contributed by atoms with E-state index in [1.54, 1.807) is 15.7 Å². The summed E-state index contributed by atoms with van der Waals surface area (Å²) in [4.78, 5) is 20.0. The summed E-state index contributed by atoms with van der Waals surface area (Å²) in [5.41, 5.74) is 0. The van der Waals surface area contributed by atoms with E-state index in [-0.39, 0.29) is 11.9 Å². The van der Waals surface area contributed by atoms with E-state index in [1.807, 2.05) is 14.0 Å². The molecule has 20 heavy (non-hydrogen) atoms. The van der Waals surface area contributed by atoms with Crippen LogP contribution in [0.2, 0.25) is 0 Å². The Labute approximate surface area is 117 Å². The van der Waals surface area contributed by atoms with Crippen LogP contribution in [0.5, 0.6) is 0 Å². The van der Waals surface area contributed by atoms with Crippen molar-refractivity contribution in [1.82, 2.24) is 34.8 Å². The van der Waals surface area contributed by atoms with Gasteiger partial charge in [-0.2, -0.15) is 10.2 Å². The van der Waals surface area contributed by atoms with E-state index in [2.05, 4.69) is 25.5 Å². The van der Waals surface area contributed by atoms with Gasteiger partial charge in [-0.1, -0.05) is 6.92 Å². The zero-order valence-corrected chi connectivity index (χ0v) is 11.7. The standard InChI is InChI=1S/C12H19N7O/c1-3-10(12-14-8-15-18(12)2)17-11(20)5-4-6-19-9-13-7-16-19/h7-10H,3-6H2,1-2H3,(H,17,20). The van der Waals surface area contributed by atoms with Crippen LogP contribution in [0.1, 0.15) is 38.1 Å². The number of hydrogen-bond donors (Lipinski definition) is 1. The van der Waals surface area contributed by atoms with Crippen LogP contribution in [0, 0.1) is 0 Å². The number of nitrogens with zero attached hydrogens (tertiary/aromatic N) is 6. The van der Waals surface area contributed by atoms with Crippen LogP contribution in [0.15, 0.2) is 19.0 Å². The van der Waals surface area contributed by atoms with E-state index in [1.165, 1.54) is 12.7 Å². The van der Waals surface area contributed by atoms with Crippen LogP contribution in [-0.2, 0) is 18.4 Å². The number of amides is 1. The summed E-state index contributed by atoms with van der Waals surface area (Å²) in [6.45, 7) is 2.70. The topological polar surface area (TPSA) is 90.5 Å². The van der Waals surface area contributed by atoms with Crippen LogP contribution < -0.4 is 5.32 Å². The van der Waals surface area contributed by atoms with Gasteiger partial charge in [-0.05, 0) is 12.8 Å². The lowest BCUT2D eigenvalue weighted by Crippen LogP contribution is -2.30. The van der Waals surface area contributed by atoms with E-state index in [4.69, 9.17) is 0 Å². The van der Waals surface area contributed by atoms with Gasteiger partial charge in [-0.15, -0.1) is 0 Å². The fraction of sp³-hybridized carbons (Fsp3) is 0.583. The van der Waals surface area contributed by atoms with Crippen molar-refractivity contribution in [2.75, 3.05) is 0 Å². The monoisotopic (exact) mass is 277 g/mol. The van der Waals surface area contributed by atoms with Gasteiger partial charge in [0.25, 0.3) is 0 Å². The first-order chi connectivity index (χ1) is 9.70. The summed E-state index contributed by atoms with van der Waals surface area (Å²) in [5.74, 6) is 0.789. The molecule has 8 nitrogen and oxygen atoms in total. The predicted octanol–water partition coefficient (Wildman–Crippen LogP) is 0.454. The Hall–Kier alpha value is -2.25. The number of hydrogen-bond acceptors (Lipinski definition) is 5. The number of aryl methyl sites for hydroxylation is 2. The average Bonchev–Trinajstić information content (AvgIpc) is 3.08. The zero-order valence-electron chi connectivity index (χ0n) is 11.7. The maximum absolute atomic E-state index is 11.9. The van der Waals surface area contributed by atoms with Gasteiger partial charge in [0, 0.05) is 20.0 Å². The molecule has 2 rings (SSSR count). The maximum Gasteiger partial charge on any atom is 0.220 e. The molecule has 0 fully saturated rings. The average molecular weight is 277 g/mol. The molecular formula is C12H19N7O. The van der Waals surface area contributed by atoms with E-state index in [9.17, 15) is 4.79 Å². The molecule has 0 aliphatic rings. The molecule has 8 heteroatoms. The second-order valence-electron chi connectivity index (χ2n) is 4.53. The number of rotatable bonds is 7. The summed E-state index contributed by atoms with van der Waals surface area (Å²) in [5, 5.41) is 11.0. The smallest absolute Gasteiger partial charge is 0.220 e. The number of carbonyl (C=O) groups is 1. The van der Waals surface area contributed by atoms with Gasteiger partial charge in [-0.3, -0.25) is 14.2 Å². The highest BCUT2D eigenvalue weighted by molar-refractivity contribution is 5.76. The highest BCUT2D eigenvalue weighted by atomic mass is 16.1. The number of aromatic nitrogens is 6. The summed E-state index contributed by atoms with van der Waals surface area (Å²) >= 11 is 0. The number of nitrogens with one attached hydrogen (secondary N) is 1. The van der Waals surface area contributed by atoms with Crippen molar-refractivity contribution in [3.05, 3.63) is 24.8 Å². The minimum atomic E-state index is -0.0960. The predicted molar refractivity (Wildman–Crippen MR) is 71.4 cm³/mol. The molecule has 0 aliphatic carbocycles. The Kier molecular flexibility index (Phi) is 4.80. The number of carbonyl (C=O) groups excluding carboxylic acids is 1. The van der Waals surface area contributed by atoms with Crippen molar-refractivity contribution < 1.29 is 4.79 Å². The van der Waals surface area contributed by atoms with Crippen LogP contribution in [0.25, 0.3) is 0 Å². The molecule has 0 bridgehead atoms. The second kappa shape index (κ2) is 6.78. The first-order valence-electron chi connectivity index (χ1n) is 6.66. The molecule has 1 amide bonds. The first-order valence-corrected chi connectivity index (χ1v) is 6.66. The fourth-order valence-electron chi connectivity index (χ4n) is 1.99. The molecule has 0 aromatic carbocycles. The van der Waals surface area contributed by atoms with Gasteiger partial charge in [0.05, 0.1) is 6.04 Å². The lowest BCUT2D eigenvalue weighted by Gasteiger charge is -2.15. The molecule has 2 heterocycles. The van der Waals surface area contributed by atoms with E-state index in [0.29, 0.717) is 13.0 Å². The molecule has 0 saturated carbocycles. The molecule has 0 radical (unpaired) electrons. The summed E-state index contributed by atoms with van der Waals surface area (Å²) in [6, 6.07) is -0.0960. The van der Waals surface area contributed by atoms with Crippen molar-refractivity contribution >= 4 is 5.91 Å². The lowest BCUT2D eigenvalue weighted by atomic mass is 10.2. The molecule has 0 spiro atoms. The Morgan fingerprint density at radius 3 is 2.85 bits per heavy atom. The first kappa shape index (κ1) is 14.2. The Bertz CT molecular complexity index is 534. The third-order valence-corrected chi connectivity index (χ3v) is 3.06. The zero-order chi connectivity index (χ0) is 14.4. The molecule has 1 N–H and O–H groups in total. The second-order valence-corrected chi connectivity index (χ2v) is 4.53. The minimum Gasteiger partial charge on any atom is -0.346 e. The third kappa shape index (κ3) is 3.62. The van der Waals surface area contributed by atoms with Gasteiger partial charge in [0.2, 0.25) is 5.91 Å². The maximum atomic E-state index is 11.9. The van der Waals surface area contributed by atoms with Gasteiger partial charge in [-0.25, -0.2) is 9.97 Å². The molecule has 1 unspecified atom stereocenters. The molecule has 2 aromatic rings. The molecule has 1 atom stereocenters. The highest BCUT2D eigenvalue weighted by Gasteiger charge is 2.16. The molecule has 108 valence electrons. The molecular weight excluding hydrogens is 258 g/mol. The summed E-state index contributed by atoms with van der Waals surface area (Å²) < 4.78 is 3.40. The highest BCUT2D eigenvalue weighted by Crippen LogP contribution is 2.12. The molecule has 2 aromatic heterocycles.